The van der Waals surface area contributed by atoms with Gasteiger partial charge in [0.15, 0.2) is 0 Å². The molecule has 0 bridgehead atoms. The lowest BCUT2D eigenvalue weighted by atomic mass is 10.00. The van der Waals surface area contributed by atoms with Gasteiger partial charge in [0.2, 0.25) is 5.91 Å². The Balaban J connectivity index is 1.95. The second-order valence-electron chi connectivity index (χ2n) is 5.15. The van der Waals surface area contributed by atoms with Crippen LogP contribution in [0.15, 0.2) is 22.7 Å². The van der Waals surface area contributed by atoms with E-state index in [4.69, 9.17) is 0 Å². The zero-order valence-corrected chi connectivity index (χ0v) is 12.5. The third-order valence-electron chi connectivity index (χ3n) is 3.75. The zero-order valence-electron chi connectivity index (χ0n) is 10.9. The van der Waals surface area contributed by atoms with E-state index in [0.717, 1.165) is 15.0 Å². The molecule has 0 radical (unpaired) electrons. The molecule has 104 valence electrons. The number of fused-ring (bicyclic) bond motifs is 1. The number of hydrogen-bond donors (Lipinski definition) is 0. The monoisotopic (exact) mass is 336 g/mol. The summed E-state index contributed by atoms with van der Waals surface area (Å²) in [6, 6.07) is 5.34. The fourth-order valence-corrected chi connectivity index (χ4v) is 3.00. The van der Waals surface area contributed by atoms with Gasteiger partial charge in [-0.25, -0.2) is 5.01 Å². The largest absolute Gasteiger partial charge is 0.273 e. The highest BCUT2D eigenvalue weighted by Gasteiger charge is 2.41. The number of benzene rings is 1. The van der Waals surface area contributed by atoms with Gasteiger partial charge in [-0.1, -0.05) is 22.9 Å². The van der Waals surface area contributed by atoms with Gasteiger partial charge in [-0.3, -0.25) is 14.4 Å². The van der Waals surface area contributed by atoms with Gasteiger partial charge in [0.05, 0.1) is 6.54 Å². The molecule has 2 heterocycles. The fourth-order valence-electron chi connectivity index (χ4n) is 2.59. The Bertz CT molecular complexity index is 629. The lowest BCUT2D eigenvalue weighted by Gasteiger charge is -2.34. The number of piperidine rings is 1. The molecule has 1 unspecified atom stereocenters. The summed E-state index contributed by atoms with van der Waals surface area (Å²) in [6.45, 7) is 2.05. The molecule has 3 amide bonds. The van der Waals surface area contributed by atoms with E-state index in [1.54, 1.807) is 19.1 Å². The molecule has 2 aliphatic heterocycles. The van der Waals surface area contributed by atoms with E-state index in [-0.39, 0.29) is 30.2 Å². The van der Waals surface area contributed by atoms with Gasteiger partial charge in [-0.05, 0) is 30.2 Å². The number of carbonyl (C=O) groups is 3. The van der Waals surface area contributed by atoms with Gasteiger partial charge >= 0.3 is 0 Å². The molecular weight excluding hydrogens is 324 g/mol. The Morgan fingerprint density at radius 3 is 2.75 bits per heavy atom. The maximum absolute atomic E-state index is 12.4. The highest BCUT2D eigenvalue weighted by Crippen LogP contribution is 2.30. The van der Waals surface area contributed by atoms with E-state index in [1.165, 1.54) is 5.01 Å². The first-order chi connectivity index (χ1) is 9.49. The molecule has 1 saturated heterocycles. The van der Waals surface area contributed by atoms with Crippen molar-refractivity contribution in [2.75, 3.05) is 0 Å². The highest BCUT2D eigenvalue weighted by atomic mass is 79.9. The first kappa shape index (κ1) is 13.3. The van der Waals surface area contributed by atoms with E-state index in [1.807, 2.05) is 6.07 Å². The molecular formula is C14H13BrN2O3. The Kier molecular flexibility index (Phi) is 3.12. The van der Waals surface area contributed by atoms with Crippen LogP contribution in [-0.4, -0.2) is 27.7 Å². The predicted octanol–water partition coefficient (Wildman–Crippen LogP) is 2.10. The SMILES string of the molecule is CC1CCC(=O)N(N2Cc3cc(Br)ccc3C2=O)C1=O. The summed E-state index contributed by atoms with van der Waals surface area (Å²) in [5.74, 6) is -1.10. The summed E-state index contributed by atoms with van der Waals surface area (Å²) >= 11 is 3.36. The topological polar surface area (TPSA) is 57.7 Å². The minimum absolute atomic E-state index is 0.226. The van der Waals surface area contributed by atoms with Crippen LogP contribution in [0.25, 0.3) is 0 Å². The van der Waals surface area contributed by atoms with Crippen LogP contribution >= 0.6 is 15.9 Å². The van der Waals surface area contributed by atoms with Gasteiger partial charge < -0.3 is 0 Å². The number of rotatable bonds is 1. The van der Waals surface area contributed by atoms with E-state index in [0.29, 0.717) is 18.4 Å². The predicted molar refractivity (Wildman–Crippen MR) is 74.3 cm³/mol. The molecule has 1 fully saturated rings. The Hall–Kier alpha value is -1.69. The second kappa shape index (κ2) is 4.70. The second-order valence-corrected chi connectivity index (χ2v) is 6.06. The molecule has 2 aliphatic rings. The van der Waals surface area contributed by atoms with E-state index >= 15 is 0 Å². The van der Waals surface area contributed by atoms with E-state index in [9.17, 15) is 14.4 Å². The van der Waals surface area contributed by atoms with Crippen LogP contribution in [0.2, 0.25) is 0 Å². The quantitative estimate of drug-likeness (QED) is 0.738. The van der Waals surface area contributed by atoms with Crippen LogP contribution in [0.4, 0.5) is 0 Å². The smallest absolute Gasteiger partial charge is 0.273 e. The van der Waals surface area contributed by atoms with Gasteiger partial charge in [0, 0.05) is 22.4 Å². The van der Waals surface area contributed by atoms with Crippen LogP contribution in [0, 0.1) is 5.92 Å². The van der Waals surface area contributed by atoms with Crippen LogP contribution in [0.3, 0.4) is 0 Å². The first-order valence-electron chi connectivity index (χ1n) is 6.46. The zero-order chi connectivity index (χ0) is 14.4. The summed E-state index contributed by atoms with van der Waals surface area (Å²) in [7, 11) is 0. The van der Waals surface area contributed by atoms with Crippen molar-refractivity contribution in [3.8, 4) is 0 Å². The molecule has 1 atom stereocenters. The molecule has 0 saturated carbocycles. The fraction of sp³-hybridized carbons (Fsp3) is 0.357. The summed E-state index contributed by atoms with van der Waals surface area (Å²) in [5, 5.41) is 2.29. The Morgan fingerprint density at radius 2 is 2.00 bits per heavy atom. The molecule has 0 N–H and O–H groups in total. The number of hydrazine groups is 1. The molecule has 20 heavy (non-hydrogen) atoms. The third-order valence-corrected chi connectivity index (χ3v) is 4.24. The molecule has 0 spiro atoms. The van der Waals surface area contributed by atoms with Crippen molar-refractivity contribution in [3.05, 3.63) is 33.8 Å². The van der Waals surface area contributed by atoms with E-state index in [2.05, 4.69) is 15.9 Å². The average Bonchev–Trinajstić information content (AvgIpc) is 2.71. The maximum Gasteiger partial charge on any atom is 0.273 e. The lowest BCUT2D eigenvalue weighted by Crippen LogP contribution is -2.54. The van der Waals surface area contributed by atoms with Crippen LogP contribution in [0.1, 0.15) is 35.7 Å². The van der Waals surface area contributed by atoms with Crippen LogP contribution < -0.4 is 0 Å². The summed E-state index contributed by atoms with van der Waals surface area (Å²) in [4.78, 5) is 36.6. The highest BCUT2D eigenvalue weighted by molar-refractivity contribution is 9.10. The maximum atomic E-state index is 12.4. The minimum atomic E-state index is -0.298. The summed E-state index contributed by atoms with van der Waals surface area (Å²) < 4.78 is 0.871. The van der Waals surface area contributed by atoms with Crippen molar-refractivity contribution in [2.24, 2.45) is 5.92 Å². The van der Waals surface area contributed by atoms with Gasteiger partial charge in [0.1, 0.15) is 0 Å². The van der Waals surface area contributed by atoms with Gasteiger partial charge in [0.25, 0.3) is 11.8 Å². The first-order valence-corrected chi connectivity index (χ1v) is 7.25. The van der Waals surface area contributed by atoms with Crippen molar-refractivity contribution in [1.82, 2.24) is 10.0 Å². The van der Waals surface area contributed by atoms with Gasteiger partial charge in [-0.2, -0.15) is 5.01 Å². The molecule has 0 aliphatic carbocycles. The standard InChI is InChI=1S/C14H13BrN2O3/c1-8-2-5-12(18)17(13(8)19)16-7-9-6-10(15)3-4-11(9)14(16)20/h3-4,6,8H,2,5,7H2,1H3. The Labute approximate surface area is 124 Å². The third kappa shape index (κ3) is 1.95. The summed E-state index contributed by atoms with van der Waals surface area (Å²) in [6.07, 6.45) is 0.853. The van der Waals surface area contributed by atoms with Crippen molar-refractivity contribution in [1.29, 1.82) is 0 Å². The van der Waals surface area contributed by atoms with Crippen molar-refractivity contribution in [2.45, 2.75) is 26.3 Å². The molecule has 0 aromatic heterocycles. The van der Waals surface area contributed by atoms with Crippen LogP contribution in [0.5, 0.6) is 0 Å². The normalized spacial score (nSPS) is 22.5. The molecule has 1 aromatic carbocycles. The molecule has 6 heteroatoms. The number of imide groups is 1. The molecule has 5 nitrogen and oxygen atoms in total. The van der Waals surface area contributed by atoms with Crippen LogP contribution in [-0.2, 0) is 16.1 Å². The minimum Gasteiger partial charge on any atom is -0.273 e. The number of carbonyl (C=O) groups excluding carboxylic acids is 3. The number of hydrogen-bond acceptors (Lipinski definition) is 3. The van der Waals surface area contributed by atoms with Gasteiger partial charge in [-0.15, -0.1) is 0 Å². The molecule has 1 aromatic rings. The Morgan fingerprint density at radius 1 is 1.25 bits per heavy atom. The number of amides is 3. The molecule has 3 rings (SSSR count). The van der Waals surface area contributed by atoms with Crippen molar-refractivity contribution >= 4 is 33.7 Å². The lowest BCUT2D eigenvalue weighted by molar-refractivity contribution is -0.167. The van der Waals surface area contributed by atoms with E-state index < -0.39 is 0 Å². The summed E-state index contributed by atoms with van der Waals surface area (Å²) in [5.41, 5.74) is 1.37. The average molecular weight is 337 g/mol. The van der Waals surface area contributed by atoms with Crippen molar-refractivity contribution < 1.29 is 14.4 Å². The number of halogens is 1. The number of nitrogens with zero attached hydrogens (tertiary/aromatic N) is 2. The van der Waals surface area contributed by atoms with Crippen molar-refractivity contribution in [3.63, 3.8) is 0 Å².